The van der Waals surface area contributed by atoms with E-state index in [1.807, 2.05) is 63.2 Å². The lowest BCUT2D eigenvalue weighted by Gasteiger charge is -2.15. The molecule has 9 heteroatoms. The summed E-state index contributed by atoms with van der Waals surface area (Å²) in [5.74, 6) is 1.12. The molecule has 38 heavy (non-hydrogen) atoms. The van der Waals surface area contributed by atoms with Gasteiger partial charge in [0.15, 0.2) is 22.4 Å². The van der Waals surface area contributed by atoms with Gasteiger partial charge >= 0.3 is 0 Å². The molecular formula is C29H28N2O5S2. The van der Waals surface area contributed by atoms with E-state index < -0.39 is 0 Å². The van der Waals surface area contributed by atoms with Crippen molar-refractivity contribution in [2.24, 2.45) is 0 Å². The molecule has 0 atom stereocenters. The number of carbonyl (C=O) groups excluding carboxylic acids is 2. The van der Waals surface area contributed by atoms with Crippen LogP contribution in [0.15, 0.2) is 65.6 Å². The molecule has 1 aliphatic heterocycles. The number of thioether (sulfide) groups is 1. The smallest absolute Gasteiger partial charge is 0.270 e. The second-order valence-electron chi connectivity index (χ2n) is 8.44. The summed E-state index contributed by atoms with van der Waals surface area (Å²) in [4.78, 5) is 27.6. The molecule has 2 amide bonds. The summed E-state index contributed by atoms with van der Waals surface area (Å²) in [5, 5.41) is 2.88. The normalized spacial score (nSPS) is 14.1. The number of carbonyl (C=O) groups is 2. The maximum atomic E-state index is 13.1. The summed E-state index contributed by atoms with van der Waals surface area (Å²) in [5.41, 5.74) is 4.28. The molecule has 0 spiro atoms. The Morgan fingerprint density at radius 3 is 2.53 bits per heavy atom. The lowest BCUT2D eigenvalue weighted by Crippen LogP contribution is -2.27. The Bertz CT molecular complexity index is 1400. The van der Waals surface area contributed by atoms with E-state index in [9.17, 15) is 9.59 Å². The average Bonchev–Trinajstić information content (AvgIpc) is 3.18. The van der Waals surface area contributed by atoms with Gasteiger partial charge in [-0.1, -0.05) is 42.2 Å². The zero-order chi connectivity index (χ0) is 27.2. The van der Waals surface area contributed by atoms with Crippen molar-refractivity contribution < 1.29 is 23.8 Å². The monoisotopic (exact) mass is 548 g/mol. The number of aryl methyl sites for hydroxylation is 1. The summed E-state index contributed by atoms with van der Waals surface area (Å²) in [6.45, 7) is 6.25. The zero-order valence-corrected chi connectivity index (χ0v) is 23.2. The largest absolute Gasteiger partial charge is 0.494 e. The summed E-state index contributed by atoms with van der Waals surface area (Å²) >= 11 is 6.71. The van der Waals surface area contributed by atoms with Crippen molar-refractivity contribution in [2.75, 3.05) is 30.5 Å². The first-order valence-corrected chi connectivity index (χ1v) is 13.2. The molecule has 0 aromatic heterocycles. The topological polar surface area (TPSA) is 77.1 Å². The fraction of sp³-hybridized carbons (Fsp3) is 0.207. The second-order valence-corrected chi connectivity index (χ2v) is 10.1. The maximum Gasteiger partial charge on any atom is 0.270 e. The third-order valence-electron chi connectivity index (χ3n) is 5.92. The van der Waals surface area contributed by atoms with E-state index in [-0.39, 0.29) is 18.4 Å². The van der Waals surface area contributed by atoms with Crippen LogP contribution in [0.1, 0.15) is 23.6 Å². The van der Waals surface area contributed by atoms with Crippen LogP contribution in [-0.4, -0.2) is 36.5 Å². The predicted octanol–water partition coefficient (Wildman–Crippen LogP) is 6.13. The lowest BCUT2D eigenvalue weighted by atomic mass is 10.1. The van der Waals surface area contributed by atoms with E-state index in [4.69, 9.17) is 26.4 Å². The molecule has 1 heterocycles. The van der Waals surface area contributed by atoms with Crippen LogP contribution >= 0.6 is 24.0 Å². The van der Waals surface area contributed by atoms with Crippen molar-refractivity contribution in [3.05, 3.63) is 82.3 Å². The number of benzene rings is 3. The van der Waals surface area contributed by atoms with Crippen molar-refractivity contribution in [3.63, 3.8) is 0 Å². The minimum absolute atomic E-state index is 0.177. The Morgan fingerprint density at radius 1 is 1.05 bits per heavy atom. The molecule has 1 N–H and O–H groups in total. The first kappa shape index (κ1) is 27.2. The van der Waals surface area contributed by atoms with Gasteiger partial charge in [-0.3, -0.25) is 14.5 Å². The molecule has 4 rings (SSSR count). The van der Waals surface area contributed by atoms with Crippen molar-refractivity contribution >= 4 is 57.6 Å². The van der Waals surface area contributed by atoms with Crippen molar-refractivity contribution in [1.29, 1.82) is 0 Å². The predicted molar refractivity (Wildman–Crippen MR) is 156 cm³/mol. The minimum atomic E-state index is -0.275. The van der Waals surface area contributed by atoms with Crippen LogP contribution in [0.25, 0.3) is 6.08 Å². The number of nitrogens with one attached hydrogen (secondary N) is 1. The standard InChI is InChI=1S/C29H28N2O5S2/c1-5-35-22-12-10-21(11-13-22)31-28(33)26(38-29(31)37)16-20-9-14-24(25(15-20)34-4)36-17-27(32)30-23-8-6-7-18(2)19(23)3/h6-16H,5,17H2,1-4H3,(H,30,32)/b26-16-. The third kappa shape index (κ3) is 6.17. The van der Waals surface area contributed by atoms with Gasteiger partial charge < -0.3 is 19.5 Å². The van der Waals surface area contributed by atoms with Crippen LogP contribution in [0.5, 0.6) is 17.2 Å². The van der Waals surface area contributed by atoms with Gasteiger partial charge in [0.1, 0.15) is 5.75 Å². The minimum Gasteiger partial charge on any atom is -0.494 e. The summed E-state index contributed by atoms with van der Waals surface area (Å²) in [7, 11) is 1.52. The van der Waals surface area contributed by atoms with Gasteiger partial charge in [0.2, 0.25) is 0 Å². The van der Waals surface area contributed by atoms with Crippen LogP contribution in [0.2, 0.25) is 0 Å². The number of hydrogen-bond acceptors (Lipinski definition) is 7. The number of methoxy groups -OCH3 is 1. The fourth-order valence-electron chi connectivity index (χ4n) is 3.81. The summed E-state index contributed by atoms with van der Waals surface area (Å²) in [6.07, 6.45) is 1.76. The van der Waals surface area contributed by atoms with Crippen LogP contribution < -0.4 is 24.4 Å². The highest BCUT2D eigenvalue weighted by atomic mass is 32.2. The molecule has 3 aromatic rings. The number of hydrogen-bond donors (Lipinski definition) is 1. The third-order valence-corrected chi connectivity index (χ3v) is 7.22. The maximum absolute atomic E-state index is 13.1. The van der Waals surface area contributed by atoms with Crippen molar-refractivity contribution in [1.82, 2.24) is 0 Å². The van der Waals surface area contributed by atoms with Gasteiger partial charge in [0, 0.05) is 5.69 Å². The Labute approximate surface area is 231 Å². The SMILES string of the molecule is CCOc1ccc(N2C(=O)/C(=C/c3ccc(OCC(=O)Nc4cccc(C)c4C)c(OC)c3)SC2=S)cc1. The lowest BCUT2D eigenvalue weighted by molar-refractivity contribution is -0.118. The van der Waals surface area contributed by atoms with Gasteiger partial charge in [-0.05, 0) is 86.0 Å². The van der Waals surface area contributed by atoms with Crippen LogP contribution in [0.4, 0.5) is 11.4 Å². The molecule has 196 valence electrons. The zero-order valence-electron chi connectivity index (χ0n) is 21.6. The number of thiocarbonyl (C=S) groups is 1. The quantitative estimate of drug-likeness (QED) is 0.254. The number of amides is 2. The number of ether oxygens (including phenoxy) is 3. The summed E-state index contributed by atoms with van der Waals surface area (Å²) < 4.78 is 17.1. The van der Waals surface area contributed by atoms with E-state index >= 15 is 0 Å². The van der Waals surface area contributed by atoms with Gasteiger partial charge in [-0.2, -0.15) is 0 Å². The highest BCUT2D eigenvalue weighted by Gasteiger charge is 2.33. The van der Waals surface area contributed by atoms with E-state index in [1.54, 1.807) is 24.3 Å². The number of rotatable bonds is 9. The number of nitrogens with zero attached hydrogens (tertiary/aromatic N) is 1. The molecule has 1 fully saturated rings. The number of anilines is 2. The Kier molecular flexibility index (Phi) is 8.70. The van der Waals surface area contributed by atoms with Gasteiger partial charge in [-0.25, -0.2) is 0 Å². The van der Waals surface area contributed by atoms with Crippen molar-refractivity contribution in [2.45, 2.75) is 20.8 Å². The fourth-order valence-corrected chi connectivity index (χ4v) is 5.11. The highest BCUT2D eigenvalue weighted by Crippen LogP contribution is 2.37. The van der Waals surface area contributed by atoms with E-state index in [0.717, 1.165) is 28.1 Å². The molecule has 1 aliphatic rings. The van der Waals surface area contributed by atoms with Crippen LogP contribution in [0.3, 0.4) is 0 Å². The van der Waals surface area contributed by atoms with Gasteiger partial charge in [-0.15, -0.1) is 0 Å². The first-order valence-electron chi connectivity index (χ1n) is 12.0. The van der Waals surface area contributed by atoms with E-state index in [2.05, 4.69) is 5.32 Å². The molecule has 0 unspecified atom stereocenters. The molecular weight excluding hydrogens is 520 g/mol. The van der Waals surface area contributed by atoms with Gasteiger partial charge in [0.25, 0.3) is 11.8 Å². The van der Waals surface area contributed by atoms with E-state index in [0.29, 0.717) is 33.0 Å². The molecule has 0 bridgehead atoms. The molecule has 0 saturated carbocycles. The molecule has 0 aliphatic carbocycles. The Hall–Kier alpha value is -3.82. The molecule has 1 saturated heterocycles. The summed E-state index contributed by atoms with van der Waals surface area (Å²) in [6, 6.07) is 18.2. The van der Waals surface area contributed by atoms with Gasteiger partial charge in [0.05, 0.1) is 24.3 Å². The molecule has 0 radical (unpaired) electrons. The van der Waals surface area contributed by atoms with E-state index in [1.165, 1.54) is 23.8 Å². The Morgan fingerprint density at radius 2 is 1.82 bits per heavy atom. The van der Waals surface area contributed by atoms with Crippen LogP contribution in [0, 0.1) is 13.8 Å². The van der Waals surface area contributed by atoms with Crippen molar-refractivity contribution in [3.8, 4) is 17.2 Å². The average molecular weight is 549 g/mol. The molecule has 7 nitrogen and oxygen atoms in total. The Balaban J connectivity index is 1.44. The first-order chi connectivity index (χ1) is 18.3. The molecule has 3 aromatic carbocycles. The second kappa shape index (κ2) is 12.1. The van der Waals surface area contributed by atoms with Crippen LogP contribution in [-0.2, 0) is 9.59 Å². The highest BCUT2D eigenvalue weighted by molar-refractivity contribution is 8.27.